The van der Waals surface area contributed by atoms with E-state index in [-0.39, 0.29) is 11.4 Å². The third kappa shape index (κ3) is 4.84. The normalized spacial score (nSPS) is 11.6. The lowest BCUT2D eigenvalue weighted by molar-refractivity contribution is -0.122. The molecule has 0 unspecified atom stereocenters. The van der Waals surface area contributed by atoms with Crippen LogP contribution in [0.15, 0.2) is 88.7 Å². The molecule has 1 N–H and O–H groups in total. The topological polar surface area (TPSA) is 88.5 Å². The van der Waals surface area contributed by atoms with Gasteiger partial charge >= 0.3 is 0 Å². The number of aromatic nitrogens is 1. The zero-order chi connectivity index (χ0) is 21.7. The van der Waals surface area contributed by atoms with Crippen LogP contribution in [0.5, 0.6) is 0 Å². The molecular weight excluding hydrogens is 402 g/mol. The van der Waals surface area contributed by atoms with Crippen LogP contribution >= 0.6 is 0 Å². The van der Waals surface area contributed by atoms with Gasteiger partial charge in [-0.1, -0.05) is 60.7 Å². The van der Waals surface area contributed by atoms with E-state index in [0.717, 1.165) is 26.1 Å². The first kappa shape index (κ1) is 21.5. The van der Waals surface area contributed by atoms with Crippen molar-refractivity contribution in [3.63, 3.8) is 0 Å². The van der Waals surface area contributed by atoms with Gasteiger partial charge in [0.05, 0.1) is 10.9 Å². The molecule has 2 aromatic carbocycles. The van der Waals surface area contributed by atoms with E-state index in [1.165, 1.54) is 26.4 Å². The summed E-state index contributed by atoms with van der Waals surface area (Å²) in [4.78, 5) is 24.9. The highest BCUT2D eigenvalue weighted by molar-refractivity contribution is 7.89. The maximum absolute atomic E-state index is 12.8. The molecule has 0 saturated heterocycles. The van der Waals surface area contributed by atoms with E-state index in [2.05, 4.69) is 5.32 Å². The van der Waals surface area contributed by atoms with Crippen molar-refractivity contribution in [1.82, 2.24) is 14.2 Å². The Labute approximate surface area is 175 Å². The number of rotatable bonds is 7. The highest BCUT2D eigenvalue weighted by atomic mass is 32.2. The van der Waals surface area contributed by atoms with Gasteiger partial charge in [0.1, 0.15) is 6.54 Å². The number of benzene rings is 2. The quantitative estimate of drug-likeness (QED) is 0.627. The molecular formula is C22H23N3O4S. The largest absolute Gasteiger partial charge is 0.344 e. The highest BCUT2D eigenvalue weighted by Gasteiger charge is 2.20. The first-order valence-corrected chi connectivity index (χ1v) is 10.8. The maximum Gasteiger partial charge on any atom is 0.251 e. The minimum absolute atomic E-state index is 0.0532. The van der Waals surface area contributed by atoms with E-state index in [9.17, 15) is 18.0 Å². The zero-order valence-corrected chi connectivity index (χ0v) is 17.5. The highest BCUT2D eigenvalue weighted by Crippen LogP contribution is 2.21. The number of amides is 1. The molecule has 7 nitrogen and oxygen atoms in total. The van der Waals surface area contributed by atoms with Crippen LogP contribution in [0.3, 0.4) is 0 Å². The Morgan fingerprint density at radius 3 is 1.97 bits per heavy atom. The van der Waals surface area contributed by atoms with Gasteiger partial charge in [0.25, 0.3) is 5.56 Å². The molecule has 3 rings (SSSR count). The molecule has 0 spiro atoms. The number of carbonyl (C=O) groups excluding carboxylic acids is 1. The Kier molecular flexibility index (Phi) is 6.49. The Morgan fingerprint density at radius 1 is 0.933 bits per heavy atom. The maximum atomic E-state index is 12.8. The van der Waals surface area contributed by atoms with Gasteiger partial charge in [0.15, 0.2) is 0 Å². The first-order chi connectivity index (χ1) is 14.3. The molecule has 1 amide bonds. The van der Waals surface area contributed by atoms with Crippen molar-refractivity contribution >= 4 is 15.9 Å². The zero-order valence-electron chi connectivity index (χ0n) is 16.7. The van der Waals surface area contributed by atoms with Crippen LogP contribution in [0.1, 0.15) is 17.2 Å². The second-order valence-corrected chi connectivity index (χ2v) is 9.09. The minimum atomic E-state index is -3.72. The standard InChI is InChI=1S/C22H23N3O4S/c1-24(2)30(28,29)19-13-14-21(27)25(15-19)16-20(26)23-22(17-9-5-3-6-10-17)18-11-7-4-8-12-18/h3-15,22H,16H2,1-2H3,(H,23,26). The predicted octanol–water partition coefficient (Wildman–Crippen LogP) is 2.00. The molecule has 1 aromatic heterocycles. The van der Waals surface area contributed by atoms with E-state index in [0.29, 0.717) is 0 Å². The van der Waals surface area contributed by atoms with E-state index in [1.54, 1.807) is 0 Å². The van der Waals surface area contributed by atoms with Gasteiger partial charge < -0.3 is 9.88 Å². The van der Waals surface area contributed by atoms with Crippen molar-refractivity contribution < 1.29 is 13.2 Å². The number of nitrogens with one attached hydrogen (secondary N) is 1. The predicted molar refractivity (Wildman–Crippen MR) is 114 cm³/mol. The summed E-state index contributed by atoms with van der Waals surface area (Å²) in [5.41, 5.74) is 1.33. The van der Waals surface area contributed by atoms with Gasteiger partial charge in [-0.25, -0.2) is 12.7 Å². The third-order valence-electron chi connectivity index (χ3n) is 4.62. The van der Waals surface area contributed by atoms with E-state index in [1.807, 2.05) is 60.7 Å². The van der Waals surface area contributed by atoms with Gasteiger partial charge in [0.2, 0.25) is 15.9 Å². The monoisotopic (exact) mass is 425 g/mol. The van der Waals surface area contributed by atoms with E-state index in [4.69, 9.17) is 0 Å². The SMILES string of the molecule is CN(C)S(=O)(=O)c1ccc(=O)n(CC(=O)NC(c2ccccc2)c2ccccc2)c1. The molecule has 0 radical (unpaired) electrons. The summed E-state index contributed by atoms with van der Waals surface area (Å²) in [6.45, 7) is -0.300. The molecule has 0 aliphatic heterocycles. The summed E-state index contributed by atoms with van der Waals surface area (Å²) >= 11 is 0. The van der Waals surface area contributed by atoms with Crippen molar-refractivity contribution in [3.05, 3.63) is 100 Å². The number of nitrogens with zero attached hydrogens (tertiary/aromatic N) is 2. The van der Waals surface area contributed by atoms with Crippen LogP contribution in [0.4, 0.5) is 0 Å². The summed E-state index contributed by atoms with van der Waals surface area (Å²) in [6, 6.07) is 21.0. The second kappa shape index (κ2) is 9.06. The number of pyridine rings is 1. The molecule has 0 saturated carbocycles. The van der Waals surface area contributed by atoms with Gasteiger partial charge in [-0.15, -0.1) is 0 Å². The van der Waals surface area contributed by atoms with Crippen molar-refractivity contribution in [3.8, 4) is 0 Å². The summed E-state index contributed by atoms with van der Waals surface area (Å²) in [7, 11) is -0.910. The smallest absolute Gasteiger partial charge is 0.251 e. The number of sulfonamides is 1. The molecule has 0 aliphatic carbocycles. The molecule has 0 aliphatic rings. The molecule has 0 atom stereocenters. The molecule has 0 fully saturated rings. The average Bonchev–Trinajstić information content (AvgIpc) is 2.74. The Balaban J connectivity index is 1.87. The average molecular weight is 426 g/mol. The van der Waals surface area contributed by atoms with Crippen LogP contribution in [0.2, 0.25) is 0 Å². The number of hydrogen-bond acceptors (Lipinski definition) is 4. The lowest BCUT2D eigenvalue weighted by Gasteiger charge is -2.20. The molecule has 30 heavy (non-hydrogen) atoms. The number of carbonyl (C=O) groups is 1. The Bertz CT molecular complexity index is 1130. The van der Waals surface area contributed by atoms with Gasteiger partial charge in [-0.3, -0.25) is 9.59 Å². The van der Waals surface area contributed by atoms with Crippen molar-refractivity contribution in [1.29, 1.82) is 0 Å². The van der Waals surface area contributed by atoms with E-state index < -0.39 is 27.5 Å². The fraction of sp³-hybridized carbons (Fsp3) is 0.182. The third-order valence-corrected chi connectivity index (χ3v) is 6.42. The number of hydrogen-bond donors (Lipinski definition) is 1. The Morgan fingerprint density at radius 2 is 1.47 bits per heavy atom. The van der Waals surface area contributed by atoms with Gasteiger partial charge in [-0.2, -0.15) is 0 Å². The molecule has 3 aromatic rings. The fourth-order valence-electron chi connectivity index (χ4n) is 3.01. The van der Waals surface area contributed by atoms with Crippen LogP contribution in [0, 0.1) is 0 Å². The first-order valence-electron chi connectivity index (χ1n) is 9.31. The summed E-state index contributed by atoms with van der Waals surface area (Å²) in [6.07, 6.45) is 1.19. The van der Waals surface area contributed by atoms with E-state index >= 15 is 0 Å². The Hall–Kier alpha value is -3.23. The summed E-state index contributed by atoms with van der Waals surface area (Å²) in [5.74, 6) is -0.408. The van der Waals surface area contributed by atoms with Crippen molar-refractivity contribution in [2.75, 3.05) is 14.1 Å². The van der Waals surface area contributed by atoms with Crippen LogP contribution in [-0.4, -0.2) is 37.3 Å². The summed E-state index contributed by atoms with van der Waals surface area (Å²) in [5, 5.41) is 2.95. The molecule has 0 bridgehead atoms. The van der Waals surface area contributed by atoms with Gasteiger partial charge in [0, 0.05) is 26.4 Å². The molecule has 8 heteroatoms. The lowest BCUT2D eigenvalue weighted by Crippen LogP contribution is -2.35. The van der Waals surface area contributed by atoms with Crippen molar-refractivity contribution in [2.24, 2.45) is 0 Å². The molecule has 156 valence electrons. The second-order valence-electron chi connectivity index (χ2n) is 6.94. The van der Waals surface area contributed by atoms with Gasteiger partial charge in [-0.05, 0) is 17.2 Å². The summed E-state index contributed by atoms with van der Waals surface area (Å²) < 4.78 is 26.8. The lowest BCUT2D eigenvalue weighted by atomic mass is 9.99. The molecule has 1 heterocycles. The minimum Gasteiger partial charge on any atom is -0.344 e. The van der Waals surface area contributed by atoms with Crippen LogP contribution < -0.4 is 10.9 Å². The fourth-order valence-corrected chi connectivity index (χ4v) is 3.93. The van der Waals surface area contributed by atoms with Crippen molar-refractivity contribution in [2.45, 2.75) is 17.5 Å². The van der Waals surface area contributed by atoms with Crippen LogP contribution in [-0.2, 0) is 21.4 Å². The van der Waals surface area contributed by atoms with Crippen LogP contribution in [0.25, 0.3) is 0 Å².